The number of aryl methyl sites for hydroxylation is 2. The maximum Gasteiger partial charge on any atom is 0.347 e. The Morgan fingerprint density at radius 2 is 1.23 bits per heavy atom. The summed E-state index contributed by atoms with van der Waals surface area (Å²) in [5.41, 5.74) is 2.96. The van der Waals surface area contributed by atoms with E-state index in [1.54, 1.807) is 9.03 Å². The topological polar surface area (TPSA) is 199 Å². The van der Waals surface area contributed by atoms with Gasteiger partial charge in [0, 0.05) is 24.2 Å². The SMILES string of the molecule is CCCCCCCCCCC(Oc1ccc(N2CCS(=O)(=O)CC2)cc1)C(=O)OCC(C)c1nnc2c(Cl)c(C)[nH]n12.CCCCCCCCCCCCS(=O)(=O)CC(C)(C)c1nnc2c(Cl)c(C)[nH]n12. The van der Waals surface area contributed by atoms with Gasteiger partial charge in [-0.15, -0.1) is 20.4 Å². The Morgan fingerprint density at radius 3 is 1.79 bits per heavy atom. The first-order valence-corrected chi connectivity index (χ1v) is 30.5. The molecule has 1 aliphatic rings. The summed E-state index contributed by atoms with van der Waals surface area (Å²) in [6, 6.07) is 7.49. The molecule has 71 heavy (non-hydrogen) atoms. The fourth-order valence-corrected chi connectivity index (χ4v) is 12.6. The van der Waals surface area contributed by atoms with E-state index in [2.05, 4.69) is 49.3 Å². The minimum absolute atomic E-state index is 0.0495. The number of hydrogen-bond donors (Lipinski definition) is 2. The molecule has 1 saturated heterocycles. The van der Waals surface area contributed by atoms with Crippen LogP contribution in [-0.2, 0) is 34.6 Å². The Morgan fingerprint density at radius 1 is 0.732 bits per heavy atom. The lowest BCUT2D eigenvalue weighted by Gasteiger charge is -2.29. The number of nitrogens with one attached hydrogen (secondary N) is 2. The summed E-state index contributed by atoms with van der Waals surface area (Å²) >= 11 is 12.5. The molecule has 0 bridgehead atoms. The summed E-state index contributed by atoms with van der Waals surface area (Å²) < 4.78 is 64.3. The number of anilines is 1. The monoisotopic (exact) mass is 1070 g/mol. The van der Waals surface area contributed by atoms with Gasteiger partial charge in [-0.3, -0.25) is 10.2 Å². The van der Waals surface area contributed by atoms with E-state index >= 15 is 0 Å². The van der Waals surface area contributed by atoms with Gasteiger partial charge in [0.05, 0.1) is 40.3 Å². The van der Waals surface area contributed by atoms with Crippen LogP contribution in [0.3, 0.4) is 0 Å². The van der Waals surface area contributed by atoms with Gasteiger partial charge in [0.25, 0.3) is 0 Å². The highest BCUT2D eigenvalue weighted by Gasteiger charge is 2.34. The Kier molecular flexibility index (Phi) is 22.9. The standard InChI is InChI=1S/C30H44ClN5O5S.C21H37ClN4O2S/c1-4-5-6-7-8-9-10-11-12-26(41-25-15-13-24(14-16-25)35-17-19-42(38,39)20-18-35)30(37)40-21-22(2)28-32-33-29-27(31)23(3)34-36(28)29;1-5-6-7-8-9-10-11-12-13-14-15-29(27,28)16-21(3,4)20-24-23-19-18(22)17(2)25-26(19)20/h13-16,22,26,34H,4-12,17-21H2,1-3H3;25H,5-16H2,1-4H3. The highest BCUT2D eigenvalue weighted by Crippen LogP contribution is 2.29. The predicted octanol–water partition coefficient (Wildman–Crippen LogP) is 11.5. The normalized spacial score (nSPS) is 15.0. The first-order valence-electron chi connectivity index (χ1n) is 26.1. The molecular weight excluding hydrogens is 986 g/mol. The van der Waals surface area contributed by atoms with Crippen LogP contribution in [-0.4, -0.2) is 111 Å². The number of H-pyrrole nitrogens is 2. The van der Waals surface area contributed by atoms with Gasteiger partial charge in [-0.2, -0.15) is 0 Å². The molecule has 0 saturated carbocycles. The van der Waals surface area contributed by atoms with Gasteiger partial charge in [-0.25, -0.2) is 30.7 Å². The van der Waals surface area contributed by atoms with Gasteiger partial charge >= 0.3 is 5.97 Å². The molecule has 0 radical (unpaired) electrons. The number of sulfone groups is 2. The number of benzene rings is 1. The van der Waals surface area contributed by atoms with Crippen LogP contribution in [0.25, 0.3) is 11.3 Å². The van der Waals surface area contributed by atoms with Gasteiger partial charge in [-0.05, 0) is 57.4 Å². The molecule has 2 atom stereocenters. The molecular formula is C51H81Cl2N9O7S2. The molecule has 2 N–H and O–H groups in total. The van der Waals surface area contributed by atoms with Crippen LogP contribution in [0.4, 0.5) is 5.69 Å². The molecule has 4 aromatic heterocycles. The summed E-state index contributed by atoms with van der Waals surface area (Å²) in [5, 5.41) is 24.0. The van der Waals surface area contributed by atoms with Crippen molar-refractivity contribution in [1.82, 2.24) is 39.6 Å². The van der Waals surface area contributed by atoms with Crippen molar-refractivity contribution in [3.63, 3.8) is 0 Å². The molecule has 6 rings (SSSR count). The fourth-order valence-electron chi connectivity index (χ4n) is 9.04. The number of aromatic nitrogens is 8. The maximum absolute atomic E-state index is 13.3. The molecule has 2 unspecified atom stereocenters. The molecule has 0 amide bonds. The summed E-state index contributed by atoms with van der Waals surface area (Å²) in [6.45, 7) is 15.0. The fraction of sp³-hybridized carbons (Fsp3) is 0.706. The number of carbonyl (C=O) groups excluding carboxylic acids is 1. The summed E-state index contributed by atoms with van der Waals surface area (Å²) in [7, 11) is -6.12. The lowest BCUT2D eigenvalue weighted by atomic mass is 9.96. The number of fused-ring (bicyclic) bond motifs is 2. The van der Waals surface area contributed by atoms with E-state index in [1.807, 2.05) is 58.9 Å². The van der Waals surface area contributed by atoms with Gasteiger partial charge < -0.3 is 14.4 Å². The zero-order valence-corrected chi connectivity index (χ0v) is 46.6. The van der Waals surface area contributed by atoms with Crippen LogP contribution in [0, 0.1) is 13.8 Å². The second kappa shape index (κ2) is 28.0. The Labute approximate surface area is 432 Å². The lowest BCUT2D eigenvalue weighted by Crippen LogP contribution is -2.40. The van der Waals surface area contributed by atoms with E-state index in [4.69, 9.17) is 32.7 Å². The third-order valence-corrected chi connectivity index (χ3v) is 17.9. The summed E-state index contributed by atoms with van der Waals surface area (Å²) in [4.78, 5) is 15.3. The molecule has 0 spiro atoms. The van der Waals surface area contributed by atoms with Gasteiger partial charge in [0.15, 0.2) is 48.7 Å². The van der Waals surface area contributed by atoms with Crippen molar-refractivity contribution >= 4 is 65.8 Å². The molecule has 398 valence electrons. The van der Waals surface area contributed by atoms with Crippen molar-refractivity contribution in [2.75, 3.05) is 47.6 Å². The van der Waals surface area contributed by atoms with Crippen LogP contribution in [0.15, 0.2) is 24.3 Å². The highest BCUT2D eigenvalue weighted by molar-refractivity contribution is 7.91. The van der Waals surface area contributed by atoms with Crippen molar-refractivity contribution < 1.29 is 31.1 Å². The minimum atomic E-state index is -3.17. The van der Waals surface area contributed by atoms with E-state index < -0.39 is 37.2 Å². The highest BCUT2D eigenvalue weighted by atomic mass is 35.5. The number of hydrogen-bond acceptors (Lipinski definition) is 12. The molecule has 0 aliphatic carbocycles. The van der Waals surface area contributed by atoms with Gasteiger partial charge in [0.1, 0.15) is 22.4 Å². The number of aromatic amines is 2. The zero-order chi connectivity index (χ0) is 51.6. The third-order valence-electron chi connectivity index (χ3n) is 13.3. The van der Waals surface area contributed by atoms with E-state index in [0.717, 1.165) is 55.6 Å². The van der Waals surface area contributed by atoms with Crippen LogP contribution in [0.5, 0.6) is 5.75 Å². The second-order valence-corrected chi connectivity index (χ2v) is 25.4. The molecule has 1 aliphatic heterocycles. The second-order valence-electron chi connectivity index (χ2n) is 20.2. The quantitative estimate of drug-likeness (QED) is 0.0326. The van der Waals surface area contributed by atoms with Crippen molar-refractivity contribution in [2.24, 2.45) is 0 Å². The van der Waals surface area contributed by atoms with Crippen LogP contribution in [0.2, 0.25) is 10.0 Å². The van der Waals surface area contributed by atoms with E-state index in [-0.39, 0.29) is 35.5 Å². The largest absolute Gasteiger partial charge is 0.479 e. The summed E-state index contributed by atoms with van der Waals surface area (Å²) in [6.07, 6.45) is 21.1. The van der Waals surface area contributed by atoms with Gasteiger partial charge in [0.2, 0.25) is 0 Å². The predicted molar refractivity (Wildman–Crippen MR) is 286 cm³/mol. The smallest absolute Gasteiger partial charge is 0.347 e. The number of carbonyl (C=O) groups is 1. The Hall–Kier alpha value is -3.87. The molecule has 5 aromatic rings. The first-order chi connectivity index (χ1) is 33.9. The minimum Gasteiger partial charge on any atom is -0.479 e. The van der Waals surface area contributed by atoms with Crippen LogP contribution in [0.1, 0.15) is 186 Å². The van der Waals surface area contributed by atoms with Crippen LogP contribution < -0.4 is 9.64 Å². The Bertz CT molecular complexity index is 2610. The number of ether oxygens (including phenoxy) is 2. The number of esters is 1. The van der Waals surface area contributed by atoms with Crippen molar-refractivity contribution in [1.29, 1.82) is 0 Å². The molecule has 1 aromatic carbocycles. The number of rotatable bonds is 30. The molecule has 1 fully saturated rings. The maximum atomic E-state index is 13.3. The number of unbranched alkanes of at least 4 members (excludes halogenated alkanes) is 16. The third kappa shape index (κ3) is 17.7. The van der Waals surface area contributed by atoms with E-state index in [9.17, 15) is 21.6 Å². The average Bonchev–Trinajstić information content (AvgIpc) is 4.09. The number of halogens is 2. The molecule has 20 heteroatoms. The van der Waals surface area contributed by atoms with E-state index in [0.29, 0.717) is 58.2 Å². The zero-order valence-electron chi connectivity index (χ0n) is 43.4. The Balaban J connectivity index is 0.000000283. The van der Waals surface area contributed by atoms with Crippen molar-refractivity contribution in [3.8, 4) is 5.75 Å². The lowest BCUT2D eigenvalue weighted by molar-refractivity contribution is -0.152. The average molecular weight is 1070 g/mol. The van der Waals surface area contributed by atoms with Crippen LogP contribution >= 0.6 is 23.2 Å². The molecule has 16 nitrogen and oxygen atoms in total. The number of nitrogens with zero attached hydrogens (tertiary/aromatic N) is 7. The van der Waals surface area contributed by atoms with Crippen molar-refractivity contribution in [3.05, 3.63) is 57.3 Å². The molecule has 5 heterocycles. The van der Waals surface area contributed by atoms with E-state index in [1.165, 1.54) is 77.0 Å². The summed E-state index contributed by atoms with van der Waals surface area (Å²) in [5.74, 6) is 1.79. The first kappa shape index (κ1) is 58.0. The van der Waals surface area contributed by atoms with Gasteiger partial charge in [-0.1, -0.05) is 161 Å². The van der Waals surface area contributed by atoms with Crippen molar-refractivity contribution in [2.45, 2.75) is 188 Å².